The monoisotopic (exact) mass is 629 g/mol. The van der Waals surface area contributed by atoms with Gasteiger partial charge in [0.2, 0.25) is 0 Å². The molecule has 0 fully saturated rings. The lowest BCUT2D eigenvalue weighted by molar-refractivity contribution is 0.403. The molecule has 3 heteroatoms. The maximum atomic E-state index is 4.42. The molecule has 0 spiro atoms. The van der Waals surface area contributed by atoms with Crippen molar-refractivity contribution in [3.05, 3.63) is 198 Å². The second kappa shape index (κ2) is 17.3. The average molecular weight is 630 g/mol. The topological polar surface area (TPSA) is 38.7 Å². The molecular weight excluding hydrogens is 583 g/mol. The smallest absolute Gasteiger partial charge is 0.0270 e. The van der Waals surface area contributed by atoms with Crippen LogP contribution in [0.5, 0.6) is 0 Å². The quantitative estimate of drug-likeness (QED) is 0.107. The number of rotatable bonds is 16. The second-order valence-corrected chi connectivity index (χ2v) is 13.3. The molecule has 0 aliphatic carbocycles. The van der Waals surface area contributed by atoms with Gasteiger partial charge in [0.1, 0.15) is 0 Å². The van der Waals surface area contributed by atoms with Crippen LogP contribution in [0, 0.1) is 0 Å². The fraction of sp³-hybridized carbons (Fsp3) is 0.267. The minimum Gasteiger partial charge on any atom is -0.265 e. The molecule has 3 heterocycles. The number of hydrogen-bond acceptors (Lipinski definition) is 3. The third kappa shape index (κ3) is 9.35. The summed E-state index contributed by atoms with van der Waals surface area (Å²) in [5.41, 5.74) is 8.37. The number of aromatic nitrogens is 3. The Morgan fingerprint density at radius 1 is 0.375 bits per heavy atom. The molecule has 6 aromatic rings. The van der Waals surface area contributed by atoms with Gasteiger partial charge in [-0.3, -0.25) is 15.0 Å². The van der Waals surface area contributed by atoms with Crippen LogP contribution in [0.25, 0.3) is 0 Å². The summed E-state index contributed by atoms with van der Waals surface area (Å²) in [4.78, 5) is 13.1. The van der Waals surface area contributed by atoms with E-state index in [-0.39, 0.29) is 0 Å². The van der Waals surface area contributed by atoms with E-state index in [0.29, 0.717) is 29.6 Å². The molecule has 0 saturated carbocycles. The molecule has 48 heavy (non-hydrogen) atoms. The van der Waals surface area contributed by atoms with Crippen molar-refractivity contribution in [1.82, 2.24) is 15.0 Å². The summed E-state index contributed by atoms with van der Waals surface area (Å²) in [6.07, 6.45) is 18.2. The summed E-state index contributed by atoms with van der Waals surface area (Å²) >= 11 is 0. The first-order valence-electron chi connectivity index (χ1n) is 17.6. The maximum Gasteiger partial charge on any atom is 0.0270 e. The average Bonchev–Trinajstić information content (AvgIpc) is 3.17. The van der Waals surface area contributed by atoms with E-state index in [1.807, 2.05) is 37.2 Å². The van der Waals surface area contributed by atoms with Gasteiger partial charge in [-0.15, -0.1) is 0 Å². The Hall–Kier alpha value is -4.89. The molecule has 0 bridgehead atoms. The summed E-state index contributed by atoms with van der Waals surface area (Å²) in [5, 5.41) is 0. The lowest BCUT2D eigenvalue weighted by atomic mass is 9.73. The Bertz CT molecular complexity index is 1730. The molecule has 242 valence electrons. The second-order valence-electron chi connectivity index (χ2n) is 13.3. The molecular formula is C45H47N3. The van der Waals surface area contributed by atoms with Gasteiger partial charge < -0.3 is 0 Å². The van der Waals surface area contributed by atoms with Crippen LogP contribution < -0.4 is 0 Å². The van der Waals surface area contributed by atoms with E-state index in [0.717, 1.165) is 38.5 Å². The number of pyridine rings is 3. The van der Waals surface area contributed by atoms with Crippen LogP contribution in [-0.2, 0) is 6.42 Å². The molecule has 0 aliphatic rings. The predicted octanol–water partition coefficient (Wildman–Crippen LogP) is 11.3. The number of aryl methyl sites for hydroxylation is 1. The van der Waals surface area contributed by atoms with E-state index in [1.54, 1.807) is 0 Å². The van der Waals surface area contributed by atoms with Crippen molar-refractivity contribution in [2.24, 2.45) is 0 Å². The molecule has 5 atom stereocenters. The SMILES string of the molecule is CC(CC(CC(CC(CC(CCc1ccccc1)c1ccncc1)c1ccccc1)c1ccncc1)c1ccccc1)c1ccncc1. The summed E-state index contributed by atoms with van der Waals surface area (Å²) in [6.45, 7) is 2.37. The zero-order chi connectivity index (χ0) is 32.8. The lowest BCUT2D eigenvalue weighted by Gasteiger charge is -2.31. The fourth-order valence-electron chi connectivity index (χ4n) is 7.52. The van der Waals surface area contributed by atoms with Gasteiger partial charge in [0.15, 0.2) is 0 Å². The zero-order valence-corrected chi connectivity index (χ0v) is 28.1. The molecule has 6 rings (SSSR count). The molecule has 0 N–H and O–H groups in total. The molecule has 0 radical (unpaired) electrons. The van der Waals surface area contributed by atoms with E-state index >= 15 is 0 Å². The molecule has 0 saturated heterocycles. The highest BCUT2D eigenvalue weighted by molar-refractivity contribution is 5.28. The van der Waals surface area contributed by atoms with Crippen LogP contribution in [0.1, 0.15) is 102 Å². The first-order valence-corrected chi connectivity index (χ1v) is 17.6. The summed E-state index contributed by atoms with van der Waals surface area (Å²) in [6, 6.07) is 46.6. The number of benzene rings is 3. The molecule has 5 unspecified atom stereocenters. The van der Waals surface area contributed by atoms with Crippen LogP contribution in [0.2, 0.25) is 0 Å². The summed E-state index contributed by atoms with van der Waals surface area (Å²) in [5.74, 6) is 2.04. The van der Waals surface area contributed by atoms with Crippen molar-refractivity contribution >= 4 is 0 Å². The molecule has 3 aromatic carbocycles. The van der Waals surface area contributed by atoms with E-state index in [2.05, 4.69) is 149 Å². The first-order chi connectivity index (χ1) is 23.7. The van der Waals surface area contributed by atoms with E-state index in [4.69, 9.17) is 0 Å². The minimum atomic E-state index is 0.375. The third-order valence-electron chi connectivity index (χ3n) is 10.1. The van der Waals surface area contributed by atoms with Crippen molar-refractivity contribution in [3.63, 3.8) is 0 Å². The highest BCUT2D eigenvalue weighted by Crippen LogP contribution is 2.44. The van der Waals surface area contributed by atoms with Crippen molar-refractivity contribution in [3.8, 4) is 0 Å². The van der Waals surface area contributed by atoms with E-state index in [1.165, 1.54) is 33.4 Å². The van der Waals surface area contributed by atoms with Gasteiger partial charge >= 0.3 is 0 Å². The highest BCUT2D eigenvalue weighted by atomic mass is 14.6. The molecule has 3 nitrogen and oxygen atoms in total. The fourth-order valence-corrected chi connectivity index (χ4v) is 7.52. The normalized spacial score (nSPS) is 14.4. The van der Waals surface area contributed by atoms with Crippen molar-refractivity contribution in [2.75, 3.05) is 0 Å². The van der Waals surface area contributed by atoms with Crippen LogP contribution in [-0.4, -0.2) is 15.0 Å². The van der Waals surface area contributed by atoms with Crippen LogP contribution in [0.15, 0.2) is 165 Å². The summed E-state index contributed by atoms with van der Waals surface area (Å²) in [7, 11) is 0. The van der Waals surface area contributed by atoms with Gasteiger partial charge in [0, 0.05) is 37.2 Å². The first kappa shape index (κ1) is 33.0. The van der Waals surface area contributed by atoms with Crippen LogP contribution >= 0.6 is 0 Å². The molecule has 0 aliphatic heterocycles. The Balaban J connectivity index is 1.32. The number of hydrogen-bond donors (Lipinski definition) is 0. The number of nitrogens with zero attached hydrogens (tertiary/aromatic N) is 3. The highest BCUT2D eigenvalue weighted by Gasteiger charge is 2.28. The maximum absolute atomic E-state index is 4.42. The molecule has 0 amide bonds. The minimum absolute atomic E-state index is 0.375. The third-order valence-corrected chi connectivity index (χ3v) is 10.1. The van der Waals surface area contributed by atoms with Gasteiger partial charge in [-0.05, 0) is 138 Å². The standard InChI is InChI=1S/C45H47N3/c1-35(37-19-25-46-26-20-37)31-43(38-13-7-3-8-14-38)33-45(41-23-29-48-30-24-41)34-44(39-15-9-4-10-16-39)32-42(40-21-27-47-28-22-40)18-17-36-11-5-2-6-12-36/h2-16,19-30,35,42-45H,17-18,31-34H2,1H3. The van der Waals surface area contributed by atoms with E-state index < -0.39 is 0 Å². The van der Waals surface area contributed by atoms with Gasteiger partial charge in [-0.2, -0.15) is 0 Å². The Morgan fingerprint density at radius 2 is 0.729 bits per heavy atom. The Kier molecular flexibility index (Phi) is 11.9. The lowest BCUT2D eigenvalue weighted by Crippen LogP contribution is -2.15. The molecule has 3 aromatic heterocycles. The van der Waals surface area contributed by atoms with Crippen molar-refractivity contribution in [2.45, 2.75) is 75.0 Å². The van der Waals surface area contributed by atoms with Gasteiger partial charge in [-0.25, -0.2) is 0 Å². The van der Waals surface area contributed by atoms with Crippen molar-refractivity contribution < 1.29 is 0 Å². The summed E-state index contributed by atoms with van der Waals surface area (Å²) < 4.78 is 0. The Labute approximate surface area is 287 Å². The van der Waals surface area contributed by atoms with E-state index in [9.17, 15) is 0 Å². The van der Waals surface area contributed by atoms with Crippen LogP contribution in [0.4, 0.5) is 0 Å². The van der Waals surface area contributed by atoms with Gasteiger partial charge in [0.05, 0.1) is 0 Å². The predicted molar refractivity (Wildman–Crippen MR) is 198 cm³/mol. The van der Waals surface area contributed by atoms with Gasteiger partial charge in [-0.1, -0.05) is 97.9 Å². The van der Waals surface area contributed by atoms with Gasteiger partial charge in [0.25, 0.3) is 0 Å². The Morgan fingerprint density at radius 3 is 1.21 bits per heavy atom. The van der Waals surface area contributed by atoms with Crippen molar-refractivity contribution in [1.29, 1.82) is 0 Å². The van der Waals surface area contributed by atoms with Crippen LogP contribution in [0.3, 0.4) is 0 Å². The zero-order valence-electron chi connectivity index (χ0n) is 28.1. The largest absolute Gasteiger partial charge is 0.265 e.